The summed E-state index contributed by atoms with van der Waals surface area (Å²) < 4.78 is 22.5. The van der Waals surface area contributed by atoms with E-state index >= 15 is 0 Å². The van der Waals surface area contributed by atoms with Crippen LogP contribution in [0.1, 0.15) is 46.8 Å². The number of nitrogens with zero attached hydrogens (tertiary/aromatic N) is 3. The van der Waals surface area contributed by atoms with Crippen molar-refractivity contribution in [2.75, 3.05) is 7.11 Å². The molecule has 0 radical (unpaired) electrons. The molecule has 2 aromatic heterocycles. The first kappa shape index (κ1) is 24.3. The van der Waals surface area contributed by atoms with E-state index in [1.165, 1.54) is 17.7 Å². The number of benzene rings is 2. The van der Waals surface area contributed by atoms with Crippen LogP contribution in [-0.2, 0) is 12.2 Å². The van der Waals surface area contributed by atoms with Gasteiger partial charge in [-0.2, -0.15) is 0 Å². The molecule has 2 heterocycles. The molecule has 5 rings (SSSR count). The number of ether oxygens (including phenoxy) is 1. The Kier molecular flexibility index (Phi) is 7.19. The first-order valence-electron chi connectivity index (χ1n) is 11.4. The Bertz CT molecular complexity index is 1360. The zero-order valence-electron chi connectivity index (χ0n) is 19.4. The van der Waals surface area contributed by atoms with Crippen LogP contribution in [0.2, 0.25) is 5.02 Å². The van der Waals surface area contributed by atoms with Crippen molar-refractivity contribution < 1.29 is 9.13 Å². The van der Waals surface area contributed by atoms with E-state index in [1.54, 1.807) is 18.9 Å². The fourth-order valence-corrected chi connectivity index (χ4v) is 6.75. The summed E-state index contributed by atoms with van der Waals surface area (Å²) in [5, 5.41) is 1.49. The molecule has 0 amide bonds. The molecule has 0 fully saturated rings. The van der Waals surface area contributed by atoms with Crippen LogP contribution in [0.25, 0.3) is 5.69 Å². The van der Waals surface area contributed by atoms with E-state index in [4.69, 9.17) is 21.3 Å². The fraction of sp³-hybridized carbons (Fsp3) is 0.259. The van der Waals surface area contributed by atoms with Gasteiger partial charge in [-0.3, -0.25) is 9.55 Å². The molecule has 1 aliphatic rings. The Labute approximate surface area is 222 Å². The number of hydrogen-bond donors (Lipinski definition) is 0. The van der Waals surface area contributed by atoms with Crippen molar-refractivity contribution in [3.63, 3.8) is 0 Å². The van der Waals surface area contributed by atoms with Gasteiger partial charge in [-0.25, -0.2) is 9.37 Å². The number of halogens is 3. The molecule has 35 heavy (non-hydrogen) atoms. The van der Waals surface area contributed by atoms with Crippen molar-refractivity contribution in [1.29, 1.82) is 0 Å². The van der Waals surface area contributed by atoms with E-state index < -0.39 is 0 Å². The van der Waals surface area contributed by atoms with Gasteiger partial charge in [0.25, 0.3) is 0 Å². The van der Waals surface area contributed by atoms with E-state index in [2.05, 4.69) is 38.5 Å². The maximum absolute atomic E-state index is 13.8. The Morgan fingerprint density at radius 2 is 2.00 bits per heavy atom. The molecule has 1 aliphatic carbocycles. The Hall–Kier alpha value is -2.35. The average molecular weight is 573 g/mol. The largest absolute Gasteiger partial charge is 0.495 e. The number of rotatable bonds is 6. The monoisotopic (exact) mass is 571 g/mol. The van der Waals surface area contributed by atoms with Gasteiger partial charge in [-0.1, -0.05) is 29.4 Å². The Morgan fingerprint density at radius 3 is 2.74 bits per heavy atom. The third-order valence-electron chi connectivity index (χ3n) is 6.42. The van der Waals surface area contributed by atoms with Crippen molar-refractivity contribution >= 4 is 39.3 Å². The highest BCUT2D eigenvalue weighted by atomic mass is 79.9. The number of fused-ring (bicyclic) bond motifs is 1. The minimum Gasteiger partial charge on any atom is -0.495 e. The van der Waals surface area contributed by atoms with Gasteiger partial charge in [-0.15, -0.1) is 0 Å². The first-order chi connectivity index (χ1) is 17.0. The van der Waals surface area contributed by atoms with Crippen LogP contribution in [0.15, 0.2) is 64.5 Å². The minimum atomic E-state index is -0.257. The van der Waals surface area contributed by atoms with Gasteiger partial charge in [0.2, 0.25) is 0 Å². The Morgan fingerprint density at radius 1 is 1.20 bits per heavy atom. The highest BCUT2D eigenvalue weighted by molar-refractivity contribution is 9.10. The maximum atomic E-state index is 13.8. The predicted molar refractivity (Wildman–Crippen MR) is 143 cm³/mol. The van der Waals surface area contributed by atoms with Crippen molar-refractivity contribution in [2.24, 2.45) is 0 Å². The summed E-state index contributed by atoms with van der Waals surface area (Å²) >= 11 is 11.6. The number of thioether (sulfide) groups is 1. The van der Waals surface area contributed by atoms with Gasteiger partial charge >= 0.3 is 0 Å². The summed E-state index contributed by atoms with van der Waals surface area (Å²) in [5.41, 5.74) is 6.60. The van der Waals surface area contributed by atoms with Crippen LogP contribution in [0.3, 0.4) is 0 Å². The summed E-state index contributed by atoms with van der Waals surface area (Å²) in [6.07, 6.45) is 6.65. The van der Waals surface area contributed by atoms with Crippen LogP contribution in [0.5, 0.6) is 5.75 Å². The standard InChI is InChI=1S/C27H24BrClFN3OS/c1-16-13-31-14-22(28)21(16)15-35-27-32-24-5-3-4-20(17-6-11-23(29)25(12-17)34-2)26(24)33(27)19-9-7-18(30)8-10-19/h6-14,20H,3-5,15H2,1-2H3. The van der Waals surface area contributed by atoms with Crippen LogP contribution < -0.4 is 4.74 Å². The second kappa shape index (κ2) is 10.3. The van der Waals surface area contributed by atoms with Gasteiger partial charge in [0.05, 0.1) is 23.5 Å². The van der Waals surface area contributed by atoms with Crippen molar-refractivity contribution in [3.05, 3.63) is 98.2 Å². The summed E-state index contributed by atoms with van der Waals surface area (Å²) in [6.45, 7) is 2.06. The molecule has 0 N–H and O–H groups in total. The van der Waals surface area contributed by atoms with Gasteiger partial charge in [0.1, 0.15) is 11.6 Å². The van der Waals surface area contributed by atoms with Crippen LogP contribution in [0.4, 0.5) is 4.39 Å². The lowest BCUT2D eigenvalue weighted by atomic mass is 9.84. The SMILES string of the molecule is COc1cc(C2CCCc3nc(SCc4c(C)cncc4Br)n(-c4ccc(F)cc4)c32)ccc1Cl. The normalized spacial score (nSPS) is 15.2. The van der Waals surface area contributed by atoms with E-state index in [0.717, 1.165) is 62.8 Å². The molecule has 1 atom stereocenters. The quantitative estimate of drug-likeness (QED) is 0.220. The number of aromatic nitrogens is 3. The molecule has 0 bridgehead atoms. The Balaban J connectivity index is 1.62. The third kappa shape index (κ3) is 4.86. The minimum absolute atomic E-state index is 0.131. The zero-order valence-corrected chi connectivity index (χ0v) is 22.6. The predicted octanol–water partition coefficient (Wildman–Crippen LogP) is 7.90. The highest BCUT2D eigenvalue weighted by Crippen LogP contribution is 2.43. The van der Waals surface area contributed by atoms with Gasteiger partial charge in [0.15, 0.2) is 5.16 Å². The molecule has 0 spiro atoms. The second-order valence-electron chi connectivity index (χ2n) is 8.58. The number of methoxy groups -OCH3 is 1. The molecule has 4 aromatic rings. The van der Waals surface area contributed by atoms with E-state index in [-0.39, 0.29) is 11.7 Å². The van der Waals surface area contributed by atoms with Gasteiger partial charge in [0, 0.05) is 34.2 Å². The first-order valence-corrected chi connectivity index (χ1v) is 13.5. The molecule has 0 aliphatic heterocycles. The molecule has 0 saturated heterocycles. The summed E-state index contributed by atoms with van der Waals surface area (Å²) in [6, 6.07) is 12.6. The zero-order chi connectivity index (χ0) is 24.5. The molecule has 4 nitrogen and oxygen atoms in total. The molecular weight excluding hydrogens is 549 g/mol. The lowest BCUT2D eigenvalue weighted by molar-refractivity contribution is 0.414. The number of imidazole rings is 1. The number of aryl methyl sites for hydroxylation is 2. The second-order valence-corrected chi connectivity index (χ2v) is 10.8. The van der Waals surface area contributed by atoms with Crippen molar-refractivity contribution in [3.8, 4) is 11.4 Å². The van der Waals surface area contributed by atoms with Crippen molar-refractivity contribution in [1.82, 2.24) is 14.5 Å². The van der Waals surface area contributed by atoms with Crippen molar-refractivity contribution in [2.45, 2.75) is 43.0 Å². The van der Waals surface area contributed by atoms with Gasteiger partial charge in [-0.05, 0) is 95.2 Å². The average Bonchev–Trinajstić information content (AvgIpc) is 3.23. The fourth-order valence-electron chi connectivity index (χ4n) is 4.64. The molecule has 2 aromatic carbocycles. The molecule has 0 saturated carbocycles. The highest BCUT2D eigenvalue weighted by Gasteiger charge is 2.30. The summed E-state index contributed by atoms with van der Waals surface area (Å²) in [4.78, 5) is 9.36. The van der Waals surface area contributed by atoms with E-state index in [9.17, 15) is 4.39 Å². The topological polar surface area (TPSA) is 39.9 Å². The number of hydrogen-bond acceptors (Lipinski definition) is 4. The van der Waals surface area contributed by atoms with E-state index in [1.807, 2.05) is 36.7 Å². The lowest BCUT2D eigenvalue weighted by Crippen LogP contribution is -2.15. The summed E-state index contributed by atoms with van der Waals surface area (Å²) in [7, 11) is 1.63. The smallest absolute Gasteiger partial charge is 0.173 e. The third-order valence-corrected chi connectivity index (χ3v) is 8.38. The van der Waals surface area contributed by atoms with Crippen LogP contribution in [-0.4, -0.2) is 21.6 Å². The molecular formula is C27H24BrClFN3OS. The molecule has 1 unspecified atom stereocenters. The number of pyridine rings is 1. The van der Waals surface area contributed by atoms with Crippen LogP contribution >= 0.6 is 39.3 Å². The lowest BCUT2D eigenvalue weighted by Gasteiger charge is -2.26. The van der Waals surface area contributed by atoms with E-state index in [0.29, 0.717) is 10.8 Å². The van der Waals surface area contributed by atoms with Gasteiger partial charge < -0.3 is 4.74 Å². The molecule has 8 heteroatoms. The van der Waals surface area contributed by atoms with Crippen LogP contribution in [0, 0.1) is 12.7 Å². The maximum Gasteiger partial charge on any atom is 0.173 e. The summed E-state index contributed by atoms with van der Waals surface area (Å²) in [5.74, 6) is 1.28. The molecule has 180 valence electrons.